The molecule has 0 saturated carbocycles. The van der Waals surface area contributed by atoms with Crippen LogP contribution >= 0.6 is 0 Å². The van der Waals surface area contributed by atoms with Gasteiger partial charge in [-0.15, -0.1) is 0 Å². The van der Waals surface area contributed by atoms with Gasteiger partial charge in [-0.25, -0.2) is 0 Å². The first-order valence-corrected chi connectivity index (χ1v) is 4.52. The first-order chi connectivity index (χ1) is 6.85. The molecule has 1 N–H and O–H groups in total. The van der Waals surface area contributed by atoms with Gasteiger partial charge in [-0.3, -0.25) is 0 Å². The molecule has 14 heavy (non-hydrogen) atoms. The highest BCUT2D eigenvalue weighted by atomic mass is 16.5. The third-order valence-electron chi connectivity index (χ3n) is 2.29. The van der Waals surface area contributed by atoms with Gasteiger partial charge in [0.1, 0.15) is 6.73 Å². The van der Waals surface area contributed by atoms with Crippen molar-refractivity contribution >= 4 is 10.9 Å². The zero-order valence-corrected chi connectivity index (χ0v) is 8.10. The second kappa shape index (κ2) is 3.82. The number of nitrogens with zero attached hydrogens (tertiary/aromatic N) is 1. The molecule has 2 rings (SSSR count). The lowest BCUT2D eigenvalue weighted by Crippen LogP contribution is -1.97. The van der Waals surface area contributed by atoms with Crippen LogP contribution in [0.4, 0.5) is 0 Å². The Kier molecular flexibility index (Phi) is 2.52. The number of hydrogen-bond donors (Lipinski definition) is 1. The zero-order chi connectivity index (χ0) is 9.97. The number of aromatic nitrogens is 1. The van der Waals surface area contributed by atoms with Crippen LogP contribution in [-0.4, -0.2) is 16.8 Å². The van der Waals surface area contributed by atoms with Crippen LogP contribution in [0.3, 0.4) is 0 Å². The third-order valence-corrected chi connectivity index (χ3v) is 2.29. The highest BCUT2D eigenvalue weighted by molar-refractivity contribution is 5.80. The summed E-state index contributed by atoms with van der Waals surface area (Å²) in [6, 6.07) is 7.95. The van der Waals surface area contributed by atoms with Gasteiger partial charge in [-0.1, -0.05) is 12.1 Å². The quantitative estimate of drug-likeness (QED) is 0.801. The van der Waals surface area contributed by atoms with Crippen molar-refractivity contribution in [3.05, 3.63) is 36.0 Å². The molecule has 0 atom stereocenters. The molecule has 3 nitrogen and oxygen atoms in total. The topological polar surface area (TPSA) is 34.4 Å². The lowest BCUT2D eigenvalue weighted by molar-refractivity contribution is 0.135. The summed E-state index contributed by atoms with van der Waals surface area (Å²) >= 11 is 0. The molecule has 0 aliphatic rings. The van der Waals surface area contributed by atoms with Crippen LogP contribution in [0.1, 0.15) is 5.56 Å². The van der Waals surface area contributed by atoms with E-state index < -0.39 is 0 Å². The van der Waals surface area contributed by atoms with Crippen molar-refractivity contribution in [2.75, 3.05) is 7.11 Å². The molecule has 0 spiro atoms. The number of fused-ring (bicyclic) bond motifs is 1. The van der Waals surface area contributed by atoms with Crippen LogP contribution in [0.2, 0.25) is 0 Å². The van der Waals surface area contributed by atoms with Crippen LogP contribution in [0.25, 0.3) is 10.9 Å². The number of rotatable bonds is 3. The van der Waals surface area contributed by atoms with Crippen molar-refractivity contribution < 1.29 is 9.84 Å². The van der Waals surface area contributed by atoms with E-state index in [1.54, 1.807) is 7.11 Å². The maximum absolute atomic E-state index is 9.01. The number of aliphatic hydroxyl groups excluding tert-OH is 1. The predicted molar refractivity (Wildman–Crippen MR) is 54.9 cm³/mol. The number of ether oxygens (including phenoxy) is 1. The molecular formula is C11H13NO2. The highest BCUT2D eigenvalue weighted by Gasteiger charge is 2.00. The van der Waals surface area contributed by atoms with Crippen LogP contribution in [-0.2, 0) is 18.1 Å². The molecule has 0 amide bonds. The summed E-state index contributed by atoms with van der Waals surface area (Å²) in [4.78, 5) is 0. The van der Waals surface area contributed by atoms with Gasteiger partial charge in [0.05, 0.1) is 12.1 Å². The van der Waals surface area contributed by atoms with E-state index in [2.05, 4.69) is 0 Å². The Labute approximate surface area is 82.5 Å². The fraction of sp³-hybridized carbons (Fsp3) is 0.273. The maximum atomic E-state index is 9.01. The minimum absolute atomic E-state index is 0.0775. The molecule has 1 aromatic carbocycles. The van der Waals surface area contributed by atoms with Crippen molar-refractivity contribution in [3.8, 4) is 0 Å². The van der Waals surface area contributed by atoms with Crippen molar-refractivity contribution in [1.82, 2.24) is 4.57 Å². The molecular weight excluding hydrogens is 178 g/mol. The van der Waals surface area contributed by atoms with Gasteiger partial charge in [-0.05, 0) is 23.1 Å². The molecule has 0 fully saturated rings. The Morgan fingerprint density at radius 2 is 2.21 bits per heavy atom. The normalized spacial score (nSPS) is 11.0. The molecule has 1 heterocycles. The van der Waals surface area contributed by atoms with Gasteiger partial charge in [0, 0.05) is 13.3 Å². The van der Waals surface area contributed by atoms with Crippen molar-refractivity contribution in [2.45, 2.75) is 13.3 Å². The minimum Gasteiger partial charge on any atom is -0.392 e. The Bertz CT molecular complexity index is 434. The van der Waals surface area contributed by atoms with Crippen molar-refractivity contribution in [3.63, 3.8) is 0 Å². The molecule has 0 saturated heterocycles. The fourth-order valence-corrected chi connectivity index (χ4v) is 1.58. The summed E-state index contributed by atoms with van der Waals surface area (Å²) in [5.41, 5.74) is 2.02. The molecule has 1 aromatic heterocycles. The van der Waals surface area contributed by atoms with Gasteiger partial charge in [0.2, 0.25) is 0 Å². The zero-order valence-electron chi connectivity index (χ0n) is 8.10. The van der Waals surface area contributed by atoms with Crippen molar-refractivity contribution in [2.24, 2.45) is 0 Å². The molecule has 74 valence electrons. The molecule has 0 aliphatic carbocycles. The summed E-state index contributed by atoms with van der Waals surface area (Å²) in [6.45, 7) is 0.618. The lowest BCUT2D eigenvalue weighted by Gasteiger charge is -2.04. The standard InChI is InChI=1S/C11H13NO2/c1-14-8-12-5-4-10-3-2-9(7-13)6-11(10)12/h2-6,13H,7-8H2,1H3. The summed E-state index contributed by atoms with van der Waals surface area (Å²) in [6.07, 6.45) is 1.98. The Balaban J connectivity index is 2.52. The van der Waals surface area contributed by atoms with Gasteiger partial charge in [0.15, 0.2) is 0 Å². The van der Waals surface area contributed by atoms with Crippen LogP contribution in [0.15, 0.2) is 30.5 Å². The average Bonchev–Trinajstić information content (AvgIpc) is 2.61. The van der Waals surface area contributed by atoms with Crippen molar-refractivity contribution in [1.29, 1.82) is 0 Å². The Morgan fingerprint density at radius 3 is 2.93 bits per heavy atom. The van der Waals surface area contributed by atoms with E-state index in [9.17, 15) is 0 Å². The second-order valence-electron chi connectivity index (χ2n) is 3.25. The minimum atomic E-state index is 0.0775. The number of hydrogen-bond acceptors (Lipinski definition) is 2. The molecule has 3 heteroatoms. The average molecular weight is 191 g/mol. The maximum Gasteiger partial charge on any atom is 0.122 e. The second-order valence-corrected chi connectivity index (χ2v) is 3.25. The molecule has 0 radical (unpaired) electrons. The van der Waals surface area contributed by atoms with E-state index in [1.165, 1.54) is 5.39 Å². The summed E-state index contributed by atoms with van der Waals surface area (Å²) in [5.74, 6) is 0. The number of aliphatic hydroxyl groups is 1. The van der Waals surface area contributed by atoms with Gasteiger partial charge < -0.3 is 14.4 Å². The van der Waals surface area contributed by atoms with E-state index in [0.717, 1.165) is 11.1 Å². The first kappa shape index (κ1) is 9.24. The van der Waals surface area contributed by atoms with E-state index in [-0.39, 0.29) is 6.61 Å². The fourth-order valence-electron chi connectivity index (χ4n) is 1.58. The SMILES string of the molecule is COCn1ccc2ccc(CO)cc21. The molecule has 0 aliphatic heterocycles. The molecule has 0 unspecified atom stereocenters. The van der Waals surface area contributed by atoms with Crippen LogP contribution < -0.4 is 0 Å². The van der Waals surface area contributed by atoms with Crippen LogP contribution in [0, 0.1) is 0 Å². The molecule has 0 bridgehead atoms. The van der Waals surface area contributed by atoms with Gasteiger partial charge in [-0.2, -0.15) is 0 Å². The van der Waals surface area contributed by atoms with E-state index >= 15 is 0 Å². The summed E-state index contributed by atoms with van der Waals surface area (Å²) in [7, 11) is 1.67. The largest absolute Gasteiger partial charge is 0.392 e. The Morgan fingerprint density at radius 1 is 1.36 bits per heavy atom. The number of benzene rings is 1. The first-order valence-electron chi connectivity index (χ1n) is 4.52. The smallest absolute Gasteiger partial charge is 0.122 e. The van der Waals surface area contributed by atoms with Crippen LogP contribution in [0.5, 0.6) is 0 Å². The van der Waals surface area contributed by atoms with Gasteiger partial charge >= 0.3 is 0 Å². The van der Waals surface area contributed by atoms with E-state index in [0.29, 0.717) is 6.73 Å². The summed E-state index contributed by atoms with van der Waals surface area (Å²) in [5, 5.41) is 10.2. The summed E-state index contributed by atoms with van der Waals surface area (Å²) < 4.78 is 7.08. The van der Waals surface area contributed by atoms with E-state index in [1.807, 2.05) is 35.0 Å². The monoisotopic (exact) mass is 191 g/mol. The number of methoxy groups -OCH3 is 1. The third kappa shape index (κ3) is 1.52. The Hall–Kier alpha value is -1.32. The van der Waals surface area contributed by atoms with Gasteiger partial charge in [0.25, 0.3) is 0 Å². The lowest BCUT2D eigenvalue weighted by atomic mass is 10.2. The predicted octanol–water partition coefficient (Wildman–Crippen LogP) is 1.74. The van der Waals surface area contributed by atoms with E-state index in [4.69, 9.17) is 9.84 Å². The molecule has 2 aromatic rings. The highest BCUT2D eigenvalue weighted by Crippen LogP contribution is 2.17.